The molecule has 6 nitrogen and oxygen atoms in total. The van der Waals surface area contributed by atoms with Crippen molar-refractivity contribution in [2.45, 2.75) is 38.2 Å². The maximum absolute atomic E-state index is 12.7. The number of nitrogens with zero attached hydrogens (tertiary/aromatic N) is 2. The molecule has 0 bridgehead atoms. The molecule has 1 saturated carbocycles. The van der Waals surface area contributed by atoms with Crippen molar-refractivity contribution in [3.05, 3.63) is 24.3 Å². The average Bonchev–Trinajstić information content (AvgIpc) is 3.53. The first-order valence-corrected chi connectivity index (χ1v) is 10.4. The second kappa shape index (κ2) is 8.93. The fourth-order valence-corrected chi connectivity index (χ4v) is 3.81. The number of carbonyl (C=O) groups excluding carboxylic acids is 1. The van der Waals surface area contributed by atoms with E-state index in [0.717, 1.165) is 57.2 Å². The number of amides is 2. The number of benzene rings is 1. The highest BCUT2D eigenvalue weighted by Crippen LogP contribution is 2.30. The van der Waals surface area contributed by atoms with Gasteiger partial charge < -0.3 is 19.7 Å². The van der Waals surface area contributed by atoms with Gasteiger partial charge in [0.15, 0.2) is 0 Å². The molecular weight excluding hydrogens is 342 g/mol. The van der Waals surface area contributed by atoms with Gasteiger partial charge in [-0.25, -0.2) is 4.79 Å². The number of piperazine rings is 1. The minimum atomic E-state index is -0.0361. The van der Waals surface area contributed by atoms with Crippen LogP contribution in [-0.4, -0.2) is 67.9 Å². The Kier molecular flexibility index (Phi) is 6.14. The summed E-state index contributed by atoms with van der Waals surface area (Å²) in [5.74, 6) is 1.62. The molecule has 1 N–H and O–H groups in total. The highest BCUT2D eigenvalue weighted by molar-refractivity contribution is 5.91. The lowest BCUT2D eigenvalue weighted by atomic mass is 10.1. The number of rotatable bonds is 6. The number of hydrogen-bond donors (Lipinski definition) is 1. The van der Waals surface area contributed by atoms with E-state index in [9.17, 15) is 4.79 Å². The van der Waals surface area contributed by atoms with Crippen molar-refractivity contribution in [3.63, 3.8) is 0 Å². The Balaban J connectivity index is 1.27. The van der Waals surface area contributed by atoms with Crippen LogP contribution in [0.15, 0.2) is 24.3 Å². The van der Waals surface area contributed by atoms with Crippen LogP contribution in [0.3, 0.4) is 0 Å². The first-order valence-electron chi connectivity index (χ1n) is 10.4. The molecular formula is C21H31N3O3. The van der Waals surface area contributed by atoms with Gasteiger partial charge >= 0.3 is 6.03 Å². The van der Waals surface area contributed by atoms with Crippen LogP contribution in [-0.2, 0) is 4.74 Å². The fourth-order valence-electron chi connectivity index (χ4n) is 3.81. The smallest absolute Gasteiger partial charge is 0.322 e. The Morgan fingerprint density at radius 1 is 1.11 bits per heavy atom. The predicted octanol–water partition coefficient (Wildman–Crippen LogP) is 3.19. The van der Waals surface area contributed by atoms with Crippen LogP contribution in [0.1, 0.15) is 32.1 Å². The van der Waals surface area contributed by atoms with Crippen molar-refractivity contribution in [1.29, 1.82) is 0 Å². The lowest BCUT2D eigenvalue weighted by Crippen LogP contribution is -2.50. The Morgan fingerprint density at radius 2 is 1.93 bits per heavy atom. The van der Waals surface area contributed by atoms with Gasteiger partial charge in [0.1, 0.15) is 12.4 Å². The van der Waals surface area contributed by atoms with E-state index in [1.165, 1.54) is 25.8 Å². The number of carbonyl (C=O) groups is 1. The van der Waals surface area contributed by atoms with Crippen LogP contribution in [0, 0.1) is 5.92 Å². The van der Waals surface area contributed by atoms with Gasteiger partial charge in [0.25, 0.3) is 0 Å². The van der Waals surface area contributed by atoms with Gasteiger partial charge in [-0.15, -0.1) is 0 Å². The lowest BCUT2D eigenvalue weighted by Gasteiger charge is -2.34. The number of hydrogen-bond acceptors (Lipinski definition) is 4. The quantitative estimate of drug-likeness (QED) is 0.832. The molecule has 1 aromatic rings. The predicted molar refractivity (Wildman–Crippen MR) is 105 cm³/mol. The molecule has 4 rings (SSSR count). The molecule has 1 aromatic carbocycles. The summed E-state index contributed by atoms with van der Waals surface area (Å²) in [5, 5.41) is 3.04. The van der Waals surface area contributed by atoms with Crippen LogP contribution >= 0.6 is 0 Å². The number of ether oxygens (including phenoxy) is 2. The van der Waals surface area contributed by atoms with Gasteiger partial charge in [0.05, 0.1) is 11.8 Å². The molecule has 0 radical (unpaired) electrons. The zero-order valence-electron chi connectivity index (χ0n) is 16.1. The van der Waals surface area contributed by atoms with Gasteiger partial charge in [-0.05, 0) is 50.2 Å². The zero-order chi connectivity index (χ0) is 18.5. The van der Waals surface area contributed by atoms with E-state index < -0.39 is 0 Å². The third kappa shape index (κ3) is 5.36. The summed E-state index contributed by atoms with van der Waals surface area (Å²) in [4.78, 5) is 17.1. The van der Waals surface area contributed by atoms with Crippen molar-refractivity contribution in [2.75, 3.05) is 51.3 Å². The molecule has 1 aliphatic carbocycles. The van der Waals surface area contributed by atoms with Crippen LogP contribution < -0.4 is 10.1 Å². The first kappa shape index (κ1) is 18.6. The van der Waals surface area contributed by atoms with Crippen LogP contribution in [0.25, 0.3) is 0 Å². The third-order valence-corrected chi connectivity index (χ3v) is 5.70. The molecule has 3 aliphatic rings. The Morgan fingerprint density at radius 3 is 2.67 bits per heavy atom. The summed E-state index contributed by atoms with van der Waals surface area (Å²) in [5.41, 5.74) is 0.735. The van der Waals surface area contributed by atoms with Crippen molar-refractivity contribution >= 4 is 11.7 Å². The monoisotopic (exact) mass is 373 g/mol. The van der Waals surface area contributed by atoms with E-state index in [-0.39, 0.29) is 12.1 Å². The van der Waals surface area contributed by atoms with E-state index in [1.54, 1.807) is 0 Å². The standard InChI is InChI=1S/C21H31N3O3/c25-21(24-12-10-23(11-13-24)15-17-8-9-17)22-19-6-1-2-7-20(19)27-16-18-5-3-4-14-26-18/h1-2,6-7,17-18H,3-5,8-16H2,(H,22,25)/t18-/m1/s1. The van der Waals surface area contributed by atoms with Gasteiger partial charge in [0.2, 0.25) is 0 Å². The maximum Gasteiger partial charge on any atom is 0.322 e. The summed E-state index contributed by atoms with van der Waals surface area (Å²) in [6, 6.07) is 7.63. The second-order valence-corrected chi connectivity index (χ2v) is 7.96. The minimum Gasteiger partial charge on any atom is -0.489 e. The highest BCUT2D eigenvalue weighted by Gasteiger charge is 2.27. The van der Waals surface area contributed by atoms with E-state index in [0.29, 0.717) is 12.4 Å². The molecule has 27 heavy (non-hydrogen) atoms. The van der Waals surface area contributed by atoms with Crippen LogP contribution in [0.2, 0.25) is 0 Å². The lowest BCUT2D eigenvalue weighted by molar-refractivity contribution is -0.0109. The number of nitrogens with one attached hydrogen (secondary N) is 1. The molecule has 2 aliphatic heterocycles. The van der Waals surface area contributed by atoms with Crippen LogP contribution in [0.4, 0.5) is 10.5 Å². The molecule has 0 spiro atoms. The fraction of sp³-hybridized carbons (Fsp3) is 0.667. The Hall–Kier alpha value is -1.79. The van der Waals surface area contributed by atoms with Gasteiger partial charge in [0, 0.05) is 39.3 Å². The minimum absolute atomic E-state index is 0.0361. The third-order valence-electron chi connectivity index (χ3n) is 5.70. The molecule has 2 amide bonds. The summed E-state index contributed by atoms with van der Waals surface area (Å²) in [7, 11) is 0. The van der Waals surface area contributed by atoms with E-state index in [4.69, 9.17) is 9.47 Å². The summed E-state index contributed by atoms with van der Waals surface area (Å²) < 4.78 is 11.7. The molecule has 2 saturated heterocycles. The normalized spacial score (nSPS) is 23.9. The number of anilines is 1. The molecule has 1 atom stereocenters. The SMILES string of the molecule is O=C(Nc1ccccc1OC[C@H]1CCCCO1)N1CCN(CC2CC2)CC1. The number of para-hydroxylation sites is 2. The molecule has 3 fully saturated rings. The van der Waals surface area contributed by atoms with Crippen molar-refractivity contribution in [1.82, 2.24) is 9.80 Å². The van der Waals surface area contributed by atoms with E-state index in [1.807, 2.05) is 29.2 Å². The van der Waals surface area contributed by atoms with Gasteiger partial charge in [-0.2, -0.15) is 0 Å². The summed E-state index contributed by atoms with van der Waals surface area (Å²) in [6.07, 6.45) is 6.28. The summed E-state index contributed by atoms with van der Waals surface area (Å²) in [6.45, 7) is 6.08. The van der Waals surface area contributed by atoms with Crippen molar-refractivity contribution < 1.29 is 14.3 Å². The Labute approximate surface area is 161 Å². The number of urea groups is 1. The molecule has 0 aromatic heterocycles. The van der Waals surface area contributed by atoms with Gasteiger partial charge in [-0.3, -0.25) is 4.90 Å². The zero-order valence-corrected chi connectivity index (χ0v) is 16.1. The molecule has 6 heteroatoms. The summed E-state index contributed by atoms with van der Waals surface area (Å²) >= 11 is 0. The van der Waals surface area contributed by atoms with Gasteiger partial charge in [-0.1, -0.05) is 12.1 Å². The Bertz CT molecular complexity index is 621. The molecule has 148 valence electrons. The first-order chi connectivity index (χ1) is 13.3. The second-order valence-electron chi connectivity index (χ2n) is 7.96. The van der Waals surface area contributed by atoms with E-state index in [2.05, 4.69) is 10.2 Å². The van der Waals surface area contributed by atoms with Crippen LogP contribution in [0.5, 0.6) is 5.75 Å². The molecule has 2 heterocycles. The highest BCUT2D eigenvalue weighted by atomic mass is 16.5. The van der Waals surface area contributed by atoms with Crippen molar-refractivity contribution in [3.8, 4) is 5.75 Å². The largest absolute Gasteiger partial charge is 0.489 e. The van der Waals surface area contributed by atoms with E-state index >= 15 is 0 Å². The van der Waals surface area contributed by atoms with Crippen molar-refractivity contribution in [2.24, 2.45) is 5.92 Å². The average molecular weight is 373 g/mol. The topological polar surface area (TPSA) is 54.0 Å². The maximum atomic E-state index is 12.7. The molecule has 0 unspecified atom stereocenters.